The van der Waals surface area contributed by atoms with E-state index in [0.29, 0.717) is 0 Å². The lowest BCUT2D eigenvalue weighted by Crippen LogP contribution is -1.97. The van der Waals surface area contributed by atoms with Crippen LogP contribution in [-0.2, 0) is 0 Å². The fraction of sp³-hybridized carbons (Fsp3) is 0. The van der Waals surface area contributed by atoms with Crippen LogP contribution in [0.5, 0.6) is 0 Å². The average Bonchev–Trinajstić information content (AvgIpc) is 3.77. The van der Waals surface area contributed by atoms with Crippen molar-refractivity contribution in [2.75, 3.05) is 0 Å². The molecular formula is C52H32N4. The van der Waals surface area contributed by atoms with E-state index in [1.165, 1.54) is 43.6 Å². The number of hydrogen-bond donors (Lipinski definition) is 0. The van der Waals surface area contributed by atoms with Crippen LogP contribution in [0.3, 0.4) is 0 Å². The summed E-state index contributed by atoms with van der Waals surface area (Å²) in [6.07, 6.45) is 0. The van der Waals surface area contributed by atoms with Crippen molar-refractivity contribution in [3.05, 3.63) is 194 Å². The first-order valence-corrected chi connectivity index (χ1v) is 19.1. The summed E-state index contributed by atoms with van der Waals surface area (Å²) in [6, 6.07) is 69.5. The molecule has 0 spiro atoms. The lowest BCUT2D eigenvalue weighted by Gasteiger charge is -2.14. The molecule has 12 rings (SSSR count). The smallest absolute Gasteiger partial charge is 0.0979 e. The number of fused-ring (bicyclic) bond motifs is 11. The Morgan fingerprint density at radius 1 is 0.321 bits per heavy atom. The zero-order valence-electron chi connectivity index (χ0n) is 30.3. The molecule has 4 heteroatoms. The number of nitrogens with zero attached hydrogens (tertiary/aromatic N) is 4. The Hall–Kier alpha value is -7.56. The largest absolute Gasteiger partial charge is 0.309 e. The van der Waals surface area contributed by atoms with Gasteiger partial charge in [0.25, 0.3) is 0 Å². The van der Waals surface area contributed by atoms with Gasteiger partial charge in [0.1, 0.15) is 0 Å². The minimum Gasteiger partial charge on any atom is -0.309 e. The first-order chi connectivity index (χ1) is 27.8. The fourth-order valence-corrected chi connectivity index (χ4v) is 8.95. The molecule has 0 N–H and O–H groups in total. The van der Waals surface area contributed by atoms with Crippen molar-refractivity contribution < 1.29 is 0 Å². The van der Waals surface area contributed by atoms with Crippen molar-refractivity contribution in [2.24, 2.45) is 0 Å². The molecule has 0 radical (unpaired) electrons. The van der Waals surface area contributed by atoms with Crippen molar-refractivity contribution >= 4 is 76.2 Å². The minimum absolute atomic E-state index is 0.883. The molecule has 0 aliphatic heterocycles. The molecule has 0 saturated heterocycles. The summed E-state index contributed by atoms with van der Waals surface area (Å²) >= 11 is 0. The number of hydrogen-bond acceptors (Lipinski definition) is 2. The predicted molar refractivity (Wildman–Crippen MR) is 234 cm³/mol. The van der Waals surface area contributed by atoms with Crippen LogP contribution >= 0.6 is 0 Å². The summed E-state index contributed by atoms with van der Waals surface area (Å²) < 4.78 is 4.83. The average molecular weight is 713 g/mol. The summed E-state index contributed by atoms with van der Waals surface area (Å²) in [6.45, 7) is 0. The lowest BCUT2D eigenvalue weighted by molar-refractivity contribution is 1.18. The first-order valence-electron chi connectivity index (χ1n) is 19.1. The molecule has 0 bridgehead atoms. The Bertz CT molecular complexity index is 3510. The number of aromatic nitrogens is 4. The molecule has 3 aromatic heterocycles. The summed E-state index contributed by atoms with van der Waals surface area (Å²) in [4.78, 5) is 10.8. The van der Waals surface area contributed by atoms with Crippen LogP contribution in [0.15, 0.2) is 194 Å². The maximum atomic E-state index is 5.46. The van der Waals surface area contributed by atoms with E-state index in [1.54, 1.807) is 0 Å². The highest BCUT2D eigenvalue weighted by Crippen LogP contribution is 2.41. The molecule has 0 atom stereocenters. The van der Waals surface area contributed by atoms with Crippen molar-refractivity contribution in [1.29, 1.82) is 0 Å². The highest BCUT2D eigenvalue weighted by molar-refractivity contribution is 6.21. The molecule has 4 nitrogen and oxygen atoms in total. The number of para-hydroxylation sites is 3. The van der Waals surface area contributed by atoms with Crippen LogP contribution in [0.1, 0.15) is 0 Å². The second-order valence-corrected chi connectivity index (χ2v) is 14.6. The van der Waals surface area contributed by atoms with Gasteiger partial charge in [0.05, 0.1) is 44.5 Å². The molecule has 260 valence electrons. The van der Waals surface area contributed by atoms with E-state index in [9.17, 15) is 0 Å². The Balaban J connectivity index is 1.11. The molecule has 56 heavy (non-hydrogen) atoms. The molecule has 0 fully saturated rings. The Morgan fingerprint density at radius 2 is 0.839 bits per heavy atom. The zero-order chi connectivity index (χ0) is 36.7. The van der Waals surface area contributed by atoms with Crippen LogP contribution < -0.4 is 0 Å². The third-order valence-electron chi connectivity index (χ3n) is 11.4. The summed E-state index contributed by atoms with van der Waals surface area (Å²) in [5, 5.41) is 9.53. The van der Waals surface area contributed by atoms with Crippen LogP contribution in [-0.4, -0.2) is 19.1 Å². The van der Waals surface area contributed by atoms with Gasteiger partial charge in [-0.05, 0) is 70.8 Å². The standard InChI is InChI=1S/C52H32N4/c1-4-14-34(15-5-1)50-51(35-16-6-2-7-17-35)54-52-44(53-50)29-26-33-24-25-36-30-38(27-28-39(36)49(33)52)56-46-23-13-11-21-41(46)43-31-47-42(32-48(43)56)40-20-10-12-22-45(40)55(47)37-18-8-3-9-19-37/h1-32H. The predicted octanol–water partition coefficient (Wildman–Crippen LogP) is 13.5. The van der Waals surface area contributed by atoms with E-state index in [2.05, 4.69) is 191 Å². The summed E-state index contributed by atoms with van der Waals surface area (Å²) in [7, 11) is 0. The topological polar surface area (TPSA) is 35.6 Å². The SMILES string of the molecule is c1ccc(-c2nc3ccc4ccc5cc(-n6c7ccccc7c7cc8c(cc76)c6ccccc6n8-c6ccccc6)ccc5c4c3nc2-c2ccccc2)cc1. The van der Waals surface area contributed by atoms with Crippen molar-refractivity contribution in [2.45, 2.75) is 0 Å². The van der Waals surface area contributed by atoms with Crippen molar-refractivity contribution in [1.82, 2.24) is 19.1 Å². The minimum atomic E-state index is 0.883. The maximum absolute atomic E-state index is 5.46. The van der Waals surface area contributed by atoms with Crippen molar-refractivity contribution in [3.8, 4) is 33.9 Å². The van der Waals surface area contributed by atoms with Gasteiger partial charge in [0.15, 0.2) is 0 Å². The maximum Gasteiger partial charge on any atom is 0.0979 e. The number of rotatable bonds is 4. The highest BCUT2D eigenvalue weighted by Gasteiger charge is 2.20. The molecule has 0 unspecified atom stereocenters. The van der Waals surface area contributed by atoms with Crippen LogP contribution in [0.2, 0.25) is 0 Å². The van der Waals surface area contributed by atoms with Crippen LogP contribution in [0, 0.1) is 0 Å². The molecule has 0 saturated carbocycles. The van der Waals surface area contributed by atoms with Gasteiger partial charge >= 0.3 is 0 Å². The van der Waals surface area contributed by atoms with Gasteiger partial charge in [0.2, 0.25) is 0 Å². The van der Waals surface area contributed by atoms with E-state index < -0.39 is 0 Å². The third-order valence-corrected chi connectivity index (χ3v) is 11.4. The van der Waals surface area contributed by atoms with E-state index in [-0.39, 0.29) is 0 Å². The second-order valence-electron chi connectivity index (χ2n) is 14.6. The normalized spacial score (nSPS) is 11.9. The highest BCUT2D eigenvalue weighted by atomic mass is 15.0. The monoisotopic (exact) mass is 712 g/mol. The Labute approximate surface area is 322 Å². The molecule has 0 aliphatic carbocycles. The molecule has 9 aromatic carbocycles. The second kappa shape index (κ2) is 12.0. The Kier molecular flexibility index (Phi) is 6.60. The summed E-state index contributed by atoms with van der Waals surface area (Å²) in [5.41, 5.74) is 12.7. The van der Waals surface area contributed by atoms with Gasteiger partial charge in [-0.25, -0.2) is 9.97 Å². The van der Waals surface area contributed by atoms with E-state index in [4.69, 9.17) is 9.97 Å². The van der Waals surface area contributed by atoms with Crippen molar-refractivity contribution in [3.63, 3.8) is 0 Å². The lowest BCUT2D eigenvalue weighted by atomic mass is 9.98. The fourth-order valence-electron chi connectivity index (χ4n) is 8.95. The van der Waals surface area contributed by atoms with E-state index >= 15 is 0 Å². The molecular weight excluding hydrogens is 681 g/mol. The van der Waals surface area contributed by atoms with Gasteiger partial charge in [-0.2, -0.15) is 0 Å². The van der Waals surface area contributed by atoms with Gasteiger partial charge in [-0.1, -0.05) is 140 Å². The van der Waals surface area contributed by atoms with Crippen LogP contribution in [0.4, 0.5) is 0 Å². The van der Waals surface area contributed by atoms with Gasteiger partial charge in [-0.3, -0.25) is 0 Å². The third kappa shape index (κ3) is 4.53. The Morgan fingerprint density at radius 3 is 1.48 bits per heavy atom. The van der Waals surface area contributed by atoms with Gasteiger partial charge in [-0.15, -0.1) is 0 Å². The molecule has 3 heterocycles. The summed E-state index contributed by atoms with van der Waals surface area (Å²) in [5.74, 6) is 0. The number of benzene rings is 9. The molecule has 12 aromatic rings. The van der Waals surface area contributed by atoms with Gasteiger partial charge in [0, 0.05) is 49.4 Å². The molecule has 0 aliphatic rings. The first kappa shape index (κ1) is 30.9. The quantitative estimate of drug-likeness (QED) is 0.170. The zero-order valence-corrected chi connectivity index (χ0v) is 30.3. The van der Waals surface area contributed by atoms with Crippen LogP contribution in [0.25, 0.3) is 110 Å². The van der Waals surface area contributed by atoms with E-state index in [0.717, 1.165) is 66.5 Å². The molecule has 0 amide bonds. The van der Waals surface area contributed by atoms with Gasteiger partial charge < -0.3 is 9.13 Å². The van der Waals surface area contributed by atoms with E-state index in [1.807, 2.05) is 12.1 Å².